The Morgan fingerprint density at radius 3 is 3.29 bits per heavy atom. The van der Waals surface area contributed by atoms with E-state index in [4.69, 9.17) is 0 Å². The molecular formula is C10H9N3O. The summed E-state index contributed by atoms with van der Waals surface area (Å²) in [7, 11) is 0. The third-order valence-corrected chi connectivity index (χ3v) is 2.55. The van der Waals surface area contributed by atoms with Crippen molar-refractivity contribution in [3.8, 4) is 0 Å². The monoisotopic (exact) mass is 187 g/mol. The van der Waals surface area contributed by atoms with Crippen molar-refractivity contribution in [2.75, 3.05) is 13.1 Å². The quantitative estimate of drug-likeness (QED) is 0.599. The van der Waals surface area contributed by atoms with Crippen molar-refractivity contribution in [3.05, 3.63) is 29.6 Å². The van der Waals surface area contributed by atoms with Crippen molar-refractivity contribution in [1.82, 2.24) is 9.88 Å². The van der Waals surface area contributed by atoms with Gasteiger partial charge in [0.25, 0.3) is 5.91 Å². The molecule has 0 bridgehead atoms. The van der Waals surface area contributed by atoms with E-state index < -0.39 is 0 Å². The SMILES string of the molecule is O=C1c2cccnc2C2=NCCCN12. The zero-order chi connectivity index (χ0) is 9.54. The third-order valence-electron chi connectivity index (χ3n) is 2.55. The zero-order valence-electron chi connectivity index (χ0n) is 7.60. The molecule has 2 aliphatic heterocycles. The van der Waals surface area contributed by atoms with Gasteiger partial charge in [0.2, 0.25) is 0 Å². The molecule has 0 aliphatic carbocycles. The van der Waals surface area contributed by atoms with E-state index in [-0.39, 0.29) is 5.91 Å². The van der Waals surface area contributed by atoms with Gasteiger partial charge in [0.1, 0.15) is 5.69 Å². The summed E-state index contributed by atoms with van der Waals surface area (Å²) in [6.45, 7) is 1.57. The molecule has 0 saturated carbocycles. The van der Waals surface area contributed by atoms with Crippen LogP contribution in [0.2, 0.25) is 0 Å². The number of hydrogen-bond donors (Lipinski definition) is 0. The summed E-state index contributed by atoms with van der Waals surface area (Å²) in [5, 5.41) is 0. The number of carbonyl (C=O) groups is 1. The van der Waals surface area contributed by atoms with E-state index in [0.29, 0.717) is 5.56 Å². The maximum atomic E-state index is 11.8. The van der Waals surface area contributed by atoms with Crippen LogP contribution in [0.3, 0.4) is 0 Å². The lowest BCUT2D eigenvalue weighted by Gasteiger charge is -2.19. The number of hydrogen-bond acceptors (Lipinski definition) is 3. The Hall–Kier alpha value is -1.71. The van der Waals surface area contributed by atoms with Gasteiger partial charge >= 0.3 is 0 Å². The van der Waals surface area contributed by atoms with E-state index in [1.54, 1.807) is 17.2 Å². The highest BCUT2D eigenvalue weighted by atomic mass is 16.2. The van der Waals surface area contributed by atoms with Gasteiger partial charge in [-0.2, -0.15) is 0 Å². The first-order valence-electron chi connectivity index (χ1n) is 4.69. The lowest BCUT2D eigenvalue weighted by molar-refractivity contribution is 0.0855. The molecule has 0 saturated heterocycles. The number of amidine groups is 1. The molecule has 0 fully saturated rings. The topological polar surface area (TPSA) is 45.6 Å². The van der Waals surface area contributed by atoms with E-state index in [1.807, 2.05) is 6.07 Å². The minimum absolute atomic E-state index is 0.0477. The van der Waals surface area contributed by atoms with Crippen LogP contribution in [-0.2, 0) is 0 Å². The fraction of sp³-hybridized carbons (Fsp3) is 0.300. The van der Waals surface area contributed by atoms with Crippen LogP contribution in [0.15, 0.2) is 23.3 Å². The van der Waals surface area contributed by atoms with Crippen LogP contribution in [0.5, 0.6) is 0 Å². The fourth-order valence-corrected chi connectivity index (χ4v) is 1.91. The normalized spacial score (nSPS) is 19.0. The Balaban J connectivity index is 2.23. The molecule has 3 heterocycles. The van der Waals surface area contributed by atoms with Crippen molar-refractivity contribution in [1.29, 1.82) is 0 Å². The molecule has 0 aromatic carbocycles. The van der Waals surface area contributed by atoms with Gasteiger partial charge in [0.15, 0.2) is 5.84 Å². The smallest absolute Gasteiger partial charge is 0.261 e. The second-order valence-corrected chi connectivity index (χ2v) is 3.42. The van der Waals surface area contributed by atoms with Crippen LogP contribution in [-0.4, -0.2) is 34.7 Å². The largest absolute Gasteiger partial charge is 0.291 e. The average molecular weight is 187 g/mol. The highest BCUT2D eigenvalue weighted by Gasteiger charge is 2.35. The van der Waals surface area contributed by atoms with Crippen LogP contribution in [0.25, 0.3) is 0 Å². The molecule has 0 unspecified atom stereocenters. The number of rotatable bonds is 0. The van der Waals surface area contributed by atoms with Crippen molar-refractivity contribution in [2.45, 2.75) is 6.42 Å². The Bertz CT molecular complexity index is 439. The summed E-state index contributed by atoms with van der Waals surface area (Å²) in [5.41, 5.74) is 1.44. The molecule has 2 aliphatic rings. The Labute approximate surface area is 81.3 Å². The molecule has 14 heavy (non-hydrogen) atoms. The number of fused-ring (bicyclic) bond motifs is 3. The lowest BCUT2D eigenvalue weighted by Crippen LogP contribution is -2.34. The Kier molecular flexibility index (Phi) is 1.45. The van der Waals surface area contributed by atoms with Crippen LogP contribution >= 0.6 is 0 Å². The van der Waals surface area contributed by atoms with Gasteiger partial charge in [-0.25, -0.2) is 0 Å². The van der Waals surface area contributed by atoms with Crippen molar-refractivity contribution >= 4 is 11.7 Å². The predicted molar refractivity (Wildman–Crippen MR) is 51.3 cm³/mol. The number of amides is 1. The second kappa shape index (κ2) is 2.64. The Morgan fingerprint density at radius 1 is 1.43 bits per heavy atom. The maximum absolute atomic E-state index is 11.8. The Morgan fingerprint density at radius 2 is 2.36 bits per heavy atom. The first-order valence-corrected chi connectivity index (χ1v) is 4.69. The molecule has 3 rings (SSSR count). The van der Waals surface area contributed by atoms with Crippen LogP contribution in [0.4, 0.5) is 0 Å². The summed E-state index contributed by atoms with van der Waals surface area (Å²) >= 11 is 0. The van der Waals surface area contributed by atoms with Gasteiger partial charge in [0.05, 0.1) is 5.56 Å². The second-order valence-electron chi connectivity index (χ2n) is 3.42. The number of nitrogens with zero attached hydrogens (tertiary/aromatic N) is 3. The van der Waals surface area contributed by atoms with Crippen LogP contribution in [0, 0.1) is 0 Å². The summed E-state index contributed by atoms with van der Waals surface area (Å²) < 4.78 is 0. The van der Waals surface area contributed by atoms with E-state index in [1.165, 1.54) is 0 Å². The molecule has 4 nitrogen and oxygen atoms in total. The van der Waals surface area contributed by atoms with Crippen molar-refractivity contribution < 1.29 is 4.79 Å². The molecular weight excluding hydrogens is 178 g/mol. The van der Waals surface area contributed by atoms with Gasteiger partial charge in [-0.05, 0) is 18.6 Å². The molecule has 4 heteroatoms. The van der Waals surface area contributed by atoms with Gasteiger partial charge in [-0.15, -0.1) is 0 Å². The molecule has 1 aromatic rings. The number of aliphatic imine (C=N–C) groups is 1. The van der Waals surface area contributed by atoms with Gasteiger partial charge < -0.3 is 0 Å². The van der Waals surface area contributed by atoms with Crippen LogP contribution in [0.1, 0.15) is 22.5 Å². The highest BCUT2D eigenvalue weighted by molar-refractivity contribution is 6.22. The van der Waals surface area contributed by atoms with Crippen molar-refractivity contribution in [2.24, 2.45) is 4.99 Å². The summed E-state index contributed by atoms with van der Waals surface area (Å²) in [4.78, 5) is 22.1. The number of pyridine rings is 1. The molecule has 70 valence electrons. The standard InChI is InChI=1S/C10H9N3O/c14-10-7-3-1-4-11-8(7)9-12-5-2-6-13(9)10/h1,3-4H,2,5-6H2. The molecule has 0 radical (unpaired) electrons. The van der Waals surface area contributed by atoms with E-state index in [9.17, 15) is 4.79 Å². The minimum atomic E-state index is 0.0477. The van der Waals surface area contributed by atoms with Gasteiger partial charge in [0, 0.05) is 19.3 Å². The average Bonchev–Trinajstić information content (AvgIpc) is 2.55. The summed E-state index contributed by atoms with van der Waals surface area (Å²) in [6.07, 6.45) is 2.65. The lowest BCUT2D eigenvalue weighted by atomic mass is 10.2. The molecule has 0 spiro atoms. The van der Waals surface area contributed by atoms with Crippen molar-refractivity contribution in [3.63, 3.8) is 0 Å². The predicted octanol–water partition coefficient (Wildman–Crippen LogP) is 0.688. The van der Waals surface area contributed by atoms with Gasteiger partial charge in [-0.1, -0.05) is 0 Å². The first-order chi connectivity index (χ1) is 6.88. The van der Waals surface area contributed by atoms with E-state index >= 15 is 0 Å². The first kappa shape index (κ1) is 7.67. The molecule has 0 N–H and O–H groups in total. The number of carbonyl (C=O) groups excluding carboxylic acids is 1. The summed E-state index contributed by atoms with van der Waals surface area (Å²) in [6, 6.07) is 3.60. The zero-order valence-corrected chi connectivity index (χ0v) is 7.60. The molecule has 1 aromatic heterocycles. The fourth-order valence-electron chi connectivity index (χ4n) is 1.91. The third kappa shape index (κ3) is 0.852. The summed E-state index contributed by atoms with van der Waals surface area (Å²) in [5.74, 6) is 0.809. The van der Waals surface area contributed by atoms with Gasteiger partial charge in [-0.3, -0.25) is 19.7 Å². The van der Waals surface area contributed by atoms with E-state index in [2.05, 4.69) is 9.98 Å². The maximum Gasteiger partial charge on any atom is 0.261 e. The molecule has 1 amide bonds. The number of aromatic nitrogens is 1. The highest BCUT2D eigenvalue weighted by Crippen LogP contribution is 2.23. The van der Waals surface area contributed by atoms with E-state index in [0.717, 1.165) is 31.0 Å². The van der Waals surface area contributed by atoms with Crippen LogP contribution < -0.4 is 0 Å². The molecule has 0 atom stereocenters. The minimum Gasteiger partial charge on any atom is -0.291 e.